The lowest BCUT2D eigenvalue weighted by Crippen LogP contribution is -2.37. The van der Waals surface area contributed by atoms with Gasteiger partial charge in [0.25, 0.3) is 11.8 Å². The first-order valence-corrected chi connectivity index (χ1v) is 9.33. The molecular formula is C20H21N5O2. The van der Waals surface area contributed by atoms with Crippen LogP contribution in [0.15, 0.2) is 30.3 Å². The van der Waals surface area contributed by atoms with Crippen molar-refractivity contribution in [3.8, 4) is 0 Å². The Morgan fingerprint density at radius 3 is 2.89 bits per heavy atom. The molecular weight excluding hydrogens is 342 g/mol. The van der Waals surface area contributed by atoms with E-state index in [0.717, 1.165) is 41.7 Å². The summed E-state index contributed by atoms with van der Waals surface area (Å²) < 4.78 is 1.84. The predicted molar refractivity (Wildman–Crippen MR) is 101 cm³/mol. The van der Waals surface area contributed by atoms with Gasteiger partial charge in [0, 0.05) is 49.6 Å². The minimum absolute atomic E-state index is 0.00108. The van der Waals surface area contributed by atoms with Crippen LogP contribution >= 0.6 is 0 Å². The molecule has 7 heteroatoms. The van der Waals surface area contributed by atoms with E-state index in [2.05, 4.69) is 10.1 Å². The first kappa shape index (κ1) is 16.1. The number of para-hydroxylation sites is 1. The number of aryl methyl sites for hydroxylation is 1. The largest absolute Gasteiger partial charge is 0.351 e. The molecule has 7 nitrogen and oxygen atoms in total. The Kier molecular flexibility index (Phi) is 3.56. The highest BCUT2D eigenvalue weighted by atomic mass is 16.2. The second-order valence-corrected chi connectivity index (χ2v) is 7.32. The van der Waals surface area contributed by atoms with E-state index in [1.54, 1.807) is 4.90 Å². The number of nitrogens with one attached hydrogen (secondary N) is 1. The lowest BCUT2D eigenvalue weighted by Gasteiger charge is -2.26. The fraction of sp³-hybridized carbons (Fsp3) is 0.350. The topological polar surface area (TPSA) is 74.2 Å². The molecule has 0 saturated heterocycles. The van der Waals surface area contributed by atoms with Crippen LogP contribution in [-0.4, -0.2) is 56.5 Å². The molecule has 4 heterocycles. The van der Waals surface area contributed by atoms with Crippen LogP contribution in [0.4, 0.5) is 0 Å². The third-order valence-corrected chi connectivity index (χ3v) is 5.56. The van der Waals surface area contributed by atoms with Gasteiger partial charge in [-0.15, -0.1) is 0 Å². The minimum Gasteiger partial charge on any atom is -0.351 e. The summed E-state index contributed by atoms with van der Waals surface area (Å²) in [6.07, 6.45) is 1.58. The molecule has 0 saturated carbocycles. The number of hydrogen-bond acceptors (Lipinski definition) is 3. The number of rotatable bonds is 1. The van der Waals surface area contributed by atoms with Gasteiger partial charge in [-0.3, -0.25) is 14.3 Å². The Bertz CT molecular complexity index is 1030. The minimum atomic E-state index is -0.0359. The molecule has 1 N–H and O–H groups in total. The van der Waals surface area contributed by atoms with E-state index < -0.39 is 0 Å². The summed E-state index contributed by atoms with van der Waals surface area (Å²) in [6.45, 7) is 2.52. The molecule has 2 amide bonds. The molecule has 0 fully saturated rings. The van der Waals surface area contributed by atoms with Crippen LogP contribution in [0, 0.1) is 0 Å². The van der Waals surface area contributed by atoms with E-state index in [-0.39, 0.29) is 11.8 Å². The van der Waals surface area contributed by atoms with Gasteiger partial charge in [-0.2, -0.15) is 5.10 Å². The van der Waals surface area contributed by atoms with E-state index in [9.17, 15) is 9.59 Å². The van der Waals surface area contributed by atoms with Crippen LogP contribution in [-0.2, 0) is 19.5 Å². The van der Waals surface area contributed by atoms with Crippen molar-refractivity contribution >= 4 is 22.7 Å². The van der Waals surface area contributed by atoms with E-state index in [0.29, 0.717) is 30.9 Å². The van der Waals surface area contributed by atoms with Crippen molar-refractivity contribution in [2.45, 2.75) is 25.9 Å². The van der Waals surface area contributed by atoms with Crippen LogP contribution in [0.5, 0.6) is 0 Å². The number of hydrogen-bond donors (Lipinski definition) is 1. The molecule has 2 aromatic heterocycles. The van der Waals surface area contributed by atoms with Gasteiger partial charge in [-0.05, 0) is 18.6 Å². The highest BCUT2D eigenvalue weighted by molar-refractivity contribution is 5.99. The number of H-pyrrole nitrogens is 1. The summed E-state index contributed by atoms with van der Waals surface area (Å²) >= 11 is 0. The van der Waals surface area contributed by atoms with E-state index >= 15 is 0 Å². The molecule has 0 atom stereocenters. The van der Waals surface area contributed by atoms with E-state index in [1.165, 1.54) is 0 Å². The van der Waals surface area contributed by atoms with Gasteiger partial charge in [0.1, 0.15) is 11.4 Å². The van der Waals surface area contributed by atoms with E-state index in [1.807, 2.05) is 47.0 Å². The number of nitrogens with zero attached hydrogens (tertiary/aromatic N) is 4. The maximum atomic E-state index is 13.1. The third-order valence-electron chi connectivity index (χ3n) is 5.56. The fourth-order valence-electron chi connectivity index (χ4n) is 4.10. The SMILES string of the molecule is CN1CCCn2nc3c(c2C1=O)CN(C(=O)c1cc2ccccc2[nH]1)CC3. The van der Waals surface area contributed by atoms with Gasteiger partial charge in [-0.25, -0.2) is 0 Å². The average molecular weight is 363 g/mol. The monoisotopic (exact) mass is 363 g/mol. The molecule has 2 aliphatic heterocycles. The fourth-order valence-corrected chi connectivity index (χ4v) is 4.10. The van der Waals surface area contributed by atoms with Gasteiger partial charge in [0.05, 0.1) is 12.2 Å². The number of carbonyl (C=O) groups excluding carboxylic acids is 2. The number of fused-ring (bicyclic) bond motifs is 4. The lowest BCUT2D eigenvalue weighted by atomic mass is 10.0. The molecule has 138 valence electrons. The Morgan fingerprint density at radius 2 is 2.04 bits per heavy atom. The van der Waals surface area contributed by atoms with Crippen molar-refractivity contribution < 1.29 is 9.59 Å². The number of benzene rings is 1. The predicted octanol–water partition coefficient (Wildman–Crippen LogP) is 2.04. The van der Waals surface area contributed by atoms with Crippen molar-refractivity contribution in [1.82, 2.24) is 24.6 Å². The summed E-state index contributed by atoms with van der Waals surface area (Å²) in [5.41, 5.74) is 4.05. The summed E-state index contributed by atoms with van der Waals surface area (Å²) in [5.74, 6) is -0.0348. The third kappa shape index (κ3) is 2.53. The summed E-state index contributed by atoms with van der Waals surface area (Å²) in [4.78, 5) is 32.6. The second-order valence-electron chi connectivity index (χ2n) is 7.32. The molecule has 0 spiro atoms. The quantitative estimate of drug-likeness (QED) is 0.719. The number of amides is 2. The highest BCUT2D eigenvalue weighted by Gasteiger charge is 2.33. The Labute approximate surface area is 156 Å². The van der Waals surface area contributed by atoms with Gasteiger partial charge in [-0.1, -0.05) is 18.2 Å². The summed E-state index contributed by atoms with van der Waals surface area (Å²) in [5, 5.41) is 5.68. The Balaban J connectivity index is 1.48. The second kappa shape index (κ2) is 5.97. The van der Waals surface area contributed by atoms with Crippen LogP contribution in [0.25, 0.3) is 10.9 Å². The molecule has 0 bridgehead atoms. The molecule has 3 aromatic rings. The van der Waals surface area contributed by atoms with Gasteiger partial charge >= 0.3 is 0 Å². The lowest BCUT2D eigenvalue weighted by molar-refractivity contribution is 0.0719. The van der Waals surface area contributed by atoms with Crippen LogP contribution < -0.4 is 0 Å². The van der Waals surface area contributed by atoms with Crippen molar-refractivity contribution in [2.75, 3.05) is 20.1 Å². The smallest absolute Gasteiger partial charge is 0.272 e. The molecule has 5 rings (SSSR count). The summed E-state index contributed by atoms with van der Waals surface area (Å²) in [6, 6.07) is 9.76. The standard InChI is InChI=1S/C20H21N5O2/c1-23-8-4-9-25-18(20(23)27)14-12-24(10-7-16(14)22-25)19(26)17-11-13-5-2-3-6-15(13)21-17/h2-3,5-6,11,21H,4,7-10,12H2,1H3. The summed E-state index contributed by atoms with van der Waals surface area (Å²) in [7, 11) is 1.83. The van der Waals surface area contributed by atoms with Gasteiger partial charge < -0.3 is 14.8 Å². The maximum absolute atomic E-state index is 13.1. The molecule has 2 aliphatic rings. The van der Waals surface area contributed by atoms with E-state index in [4.69, 9.17) is 0 Å². The Hall–Kier alpha value is -3.09. The zero-order chi connectivity index (χ0) is 18.5. The highest BCUT2D eigenvalue weighted by Crippen LogP contribution is 2.26. The maximum Gasteiger partial charge on any atom is 0.272 e. The van der Waals surface area contributed by atoms with Crippen LogP contribution in [0.2, 0.25) is 0 Å². The molecule has 0 unspecified atom stereocenters. The van der Waals surface area contributed by atoms with Crippen molar-refractivity contribution in [2.24, 2.45) is 0 Å². The molecule has 27 heavy (non-hydrogen) atoms. The number of carbonyl (C=O) groups is 2. The molecule has 0 aliphatic carbocycles. The first-order valence-electron chi connectivity index (χ1n) is 9.33. The van der Waals surface area contributed by atoms with Gasteiger partial charge in [0.2, 0.25) is 0 Å². The molecule has 0 radical (unpaired) electrons. The zero-order valence-corrected chi connectivity index (χ0v) is 15.2. The number of aromatic amines is 1. The number of aromatic nitrogens is 3. The van der Waals surface area contributed by atoms with Crippen LogP contribution in [0.1, 0.15) is 38.7 Å². The normalized spacial score (nSPS) is 17.0. The van der Waals surface area contributed by atoms with Crippen molar-refractivity contribution in [3.05, 3.63) is 53.0 Å². The average Bonchev–Trinajstić information content (AvgIpc) is 3.23. The first-order chi connectivity index (χ1) is 13.1. The van der Waals surface area contributed by atoms with Crippen molar-refractivity contribution in [3.63, 3.8) is 0 Å². The van der Waals surface area contributed by atoms with Crippen LogP contribution in [0.3, 0.4) is 0 Å². The van der Waals surface area contributed by atoms with Crippen molar-refractivity contribution in [1.29, 1.82) is 0 Å². The zero-order valence-electron chi connectivity index (χ0n) is 15.2. The van der Waals surface area contributed by atoms with Gasteiger partial charge in [0.15, 0.2) is 0 Å². The Morgan fingerprint density at radius 1 is 1.19 bits per heavy atom. The molecule has 1 aromatic carbocycles.